The Morgan fingerprint density at radius 1 is 1.30 bits per heavy atom. The molecule has 15 heteroatoms. The zero-order chi connectivity index (χ0) is 23.9. The van der Waals surface area contributed by atoms with E-state index in [4.69, 9.17) is 26.1 Å². The lowest BCUT2D eigenvalue weighted by molar-refractivity contribution is -0.745. The summed E-state index contributed by atoms with van der Waals surface area (Å²) in [5.74, 6) is 0.164. The second kappa shape index (κ2) is 9.12. The van der Waals surface area contributed by atoms with Crippen LogP contribution in [0.2, 0.25) is 5.02 Å². The van der Waals surface area contributed by atoms with Gasteiger partial charge >= 0.3 is 13.5 Å². The Morgan fingerprint density at radius 3 is 2.67 bits per heavy atom. The lowest BCUT2D eigenvalue weighted by Crippen LogP contribution is -2.46. The molecule has 6 N–H and O–H groups in total. The van der Waals surface area contributed by atoms with Gasteiger partial charge in [-0.3, -0.25) is 18.9 Å². The molecule has 4 rings (SSSR count). The minimum atomic E-state index is -4.80. The third kappa shape index (κ3) is 5.10. The first kappa shape index (κ1) is 23.8. The summed E-state index contributed by atoms with van der Waals surface area (Å²) in [6, 6.07) is 7.11. The smallest absolute Gasteiger partial charge is 0.387 e. The third-order valence-electron chi connectivity index (χ3n) is 5.16. The Balaban J connectivity index is 1.62. The molecule has 3 aromatic rings. The number of aliphatic hydroxyl groups excluding tert-OH is 2. The van der Waals surface area contributed by atoms with Gasteiger partial charge in [0.05, 0.1) is 13.7 Å². The Morgan fingerprint density at radius 2 is 2.00 bits per heavy atom. The van der Waals surface area contributed by atoms with Gasteiger partial charge in [0.15, 0.2) is 6.33 Å². The lowest BCUT2D eigenvalue weighted by Gasteiger charge is -2.14. The number of aliphatic hydroxyl groups is 2. The van der Waals surface area contributed by atoms with Gasteiger partial charge in [-0.15, -0.1) is 0 Å². The van der Waals surface area contributed by atoms with Crippen LogP contribution >= 0.6 is 19.4 Å². The molecule has 178 valence electrons. The number of imidazole rings is 1. The van der Waals surface area contributed by atoms with E-state index in [1.54, 1.807) is 19.2 Å². The minimum absolute atomic E-state index is 0.160. The molecule has 1 fully saturated rings. The topological polar surface area (TPSA) is 183 Å². The first-order chi connectivity index (χ1) is 15.5. The summed E-state index contributed by atoms with van der Waals surface area (Å²) in [4.78, 5) is 37.5. The average Bonchev–Trinajstić information content (AvgIpc) is 3.22. The number of fused-ring (bicyclic) bond motifs is 1. The number of aromatic nitrogens is 4. The number of ether oxygens (including phenoxy) is 1. The van der Waals surface area contributed by atoms with Crippen molar-refractivity contribution in [3.8, 4) is 0 Å². The number of rotatable bonds is 7. The third-order valence-corrected chi connectivity index (χ3v) is 5.90. The molecule has 0 aliphatic carbocycles. The number of anilines is 1. The molecule has 0 unspecified atom stereocenters. The van der Waals surface area contributed by atoms with E-state index in [1.807, 2.05) is 12.1 Å². The monoisotopic (exact) mass is 502 g/mol. The number of H-pyrrole nitrogens is 1. The van der Waals surface area contributed by atoms with Crippen molar-refractivity contribution in [2.45, 2.75) is 31.1 Å². The number of aromatic amines is 1. The van der Waals surface area contributed by atoms with Crippen LogP contribution in [0.4, 0.5) is 5.95 Å². The Bertz CT molecular complexity index is 1260. The molecule has 1 aliphatic rings. The summed E-state index contributed by atoms with van der Waals surface area (Å²) < 4.78 is 23.8. The molecular weight excluding hydrogens is 481 g/mol. The highest BCUT2D eigenvalue weighted by atomic mass is 35.5. The van der Waals surface area contributed by atoms with Gasteiger partial charge < -0.3 is 30.1 Å². The molecule has 2 aromatic heterocycles. The van der Waals surface area contributed by atoms with Crippen molar-refractivity contribution in [1.29, 1.82) is 0 Å². The summed E-state index contributed by atoms with van der Waals surface area (Å²) in [6.07, 6.45) is -3.91. The van der Waals surface area contributed by atoms with Gasteiger partial charge in [0.1, 0.15) is 18.3 Å². The fraction of sp³-hybridized carbons (Fsp3) is 0.389. The minimum Gasteiger partial charge on any atom is -0.387 e. The van der Waals surface area contributed by atoms with Crippen LogP contribution in [-0.2, 0) is 27.4 Å². The number of halogens is 1. The molecule has 0 amide bonds. The molecule has 33 heavy (non-hydrogen) atoms. The molecule has 13 nitrogen and oxygen atoms in total. The number of hydrogen-bond acceptors (Lipinski definition) is 8. The Kier molecular flexibility index (Phi) is 6.58. The summed E-state index contributed by atoms with van der Waals surface area (Å²) >= 11 is 5.89. The van der Waals surface area contributed by atoms with Gasteiger partial charge in [-0.05, 0) is 17.7 Å². The van der Waals surface area contributed by atoms with Crippen molar-refractivity contribution < 1.29 is 38.4 Å². The Hall–Kier alpha value is -2.35. The Labute approximate surface area is 191 Å². The van der Waals surface area contributed by atoms with E-state index in [0.717, 1.165) is 5.56 Å². The van der Waals surface area contributed by atoms with E-state index in [0.29, 0.717) is 11.6 Å². The van der Waals surface area contributed by atoms with Crippen LogP contribution in [0, 0.1) is 0 Å². The molecule has 4 atom stereocenters. The number of nitrogens with one attached hydrogen (secondary N) is 2. The second-order valence-electron chi connectivity index (χ2n) is 7.53. The standard InChI is InChI=1S/C18H21ClN5O8P/c1-23-8-24(17-14(26)13(25)11(32-17)7-31-33(28,29)30)15-12(23)16(27)22-18(21-15)20-6-9-2-4-10(19)5-3-9/h2-5,8,11,13-14,17,25-26H,6-7H2,1H3,(H3-,20,21,22,27,28,29,30)/p+1/t11-,13-,14-,17-/m1/s1. The normalized spacial score (nSPS) is 23.3. The van der Waals surface area contributed by atoms with Crippen molar-refractivity contribution in [2.75, 3.05) is 11.9 Å². The highest BCUT2D eigenvalue weighted by molar-refractivity contribution is 7.46. The summed E-state index contributed by atoms with van der Waals surface area (Å²) in [5, 5.41) is 24.4. The molecule has 1 aromatic carbocycles. The number of aryl methyl sites for hydroxylation is 1. The maximum Gasteiger partial charge on any atom is 0.469 e. The van der Waals surface area contributed by atoms with Crippen molar-refractivity contribution in [1.82, 2.24) is 14.5 Å². The van der Waals surface area contributed by atoms with E-state index in [9.17, 15) is 19.6 Å². The van der Waals surface area contributed by atoms with Crippen LogP contribution in [0.25, 0.3) is 11.2 Å². The van der Waals surface area contributed by atoms with Crippen molar-refractivity contribution in [3.05, 3.63) is 51.5 Å². The number of benzene rings is 1. The van der Waals surface area contributed by atoms with Crippen LogP contribution in [-0.4, -0.2) is 59.5 Å². The fourth-order valence-electron chi connectivity index (χ4n) is 3.58. The van der Waals surface area contributed by atoms with Gasteiger partial charge in [-0.1, -0.05) is 28.7 Å². The van der Waals surface area contributed by atoms with E-state index in [2.05, 4.69) is 19.8 Å². The predicted molar refractivity (Wildman–Crippen MR) is 114 cm³/mol. The van der Waals surface area contributed by atoms with Crippen LogP contribution in [0.1, 0.15) is 11.8 Å². The van der Waals surface area contributed by atoms with E-state index < -0.39 is 44.5 Å². The summed E-state index contributed by atoms with van der Waals surface area (Å²) in [7, 11) is -3.20. The molecule has 0 radical (unpaired) electrons. The lowest BCUT2D eigenvalue weighted by atomic mass is 10.1. The number of phosphoric acid groups is 1. The van der Waals surface area contributed by atoms with Crippen molar-refractivity contribution in [3.63, 3.8) is 0 Å². The van der Waals surface area contributed by atoms with Crippen LogP contribution in [0.5, 0.6) is 0 Å². The van der Waals surface area contributed by atoms with Gasteiger partial charge in [0, 0.05) is 11.6 Å². The number of phosphoric ester groups is 1. The largest absolute Gasteiger partial charge is 0.469 e. The first-order valence-electron chi connectivity index (χ1n) is 9.74. The van der Waals surface area contributed by atoms with Crippen molar-refractivity contribution >= 4 is 36.5 Å². The van der Waals surface area contributed by atoms with Gasteiger partial charge in [-0.25, -0.2) is 9.13 Å². The quantitative estimate of drug-likeness (QED) is 0.182. The highest BCUT2D eigenvalue weighted by Gasteiger charge is 2.47. The molecule has 1 saturated heterocycles. The van der Waals surface area contributed by atoms with Crippen LogP contribution < -0.4 is 15.4 Å². The SMILES string of the molecule is Cn1c[n+]([C@@H]2O[C@H](COP(=O)(O)O)[C@@H](O)[C@H]2O)c2nc(NCc3ccc(Cl)cc3)[nH]c(=O)c21. The van der Waals surface area contributed by atoms with E-state index in [-0.39, 0.29) is 17.1 Å². The predicted octanol–water partition coefficient (Wildman–Crippen LogP) is -0.457. The van der Waals surface area contributed by atoms with E-state index in [1.165, 1.54) is 15.5 Å². The average molecular weight is 503 g/mol. The molecule has 0 spiro atoms. The van der Waals surface area contributed by atoms with Crippen LogP contribution in [0.3, 0.4) is 0 Å². The summed E-state index contributed by atoms with van der Waals surface area (Å²) in [5.41, 5.74) is 0.794. The highest BCUT2D eigenvalue weighted by Crippen LogP contribution is 2.37. The second-order valence-corrected chi connectivity index (χ2v) is 9.21. The number of hydrogen-bond donors (Lipinski definition) is 6. The maximum absolute atomic E-state index is 12.7. The summed E-state index contributed by atoms with van der Waals surface area (Å²) in [6.45, 7) is -0.298. The molecule has 0 bridgehead atoms. The van der Waals surface area contributed by atoms with Gasteiger partial charge in [-0.2, -0.15) is 0 Å². The zero-order valence-corrected chi connectivity index (χ0v) is 18.8. The molecule has 3 heterocycles. The van der Waals surface area contributed by atoms with E-state index >= 15 is 0 Å². The number of nitrogens with zero attached hydrogens (tertiary/aromatic N) is 3. The maximum atomic E-state index is 12.7. The first-order valence-corrected chi connectivity index (χ1v) is 11.6. The molecule has 0 saturated carbocycles. The fourth-order valence-corrected chi connectivity index (χ4v) is 4.04. The van der Waals surface area contributed by atoms with Gasteiger partial charge in [0.2, 0.25) is 11.7 Å². The zero-order valence-electron chi connectivity index (χ0n) is 17.2. The van der Waals surface area contributed by atoms with Crippen LogP contribution in [0.15, 0.2) is 35.4 Å². The van der Waals surface area contributed by atoms with Crippen molar-refractivity contribution in [2.24, 2.45) is 7.05 Å². The molecule has 1 aliphatic heterocycles. The molecular formula is C18H22ClN5O8P+. The van der Waals surface area contributed by atoms with Gasteiger partial charge in [0.25, 0.3) is 11.5 Å².